The quantitative estimate of drug-likeness (QED) is 0.749. The lowest BCUT2D eigenvalue weighted by Gasteiger charge is -2.27. The third-order valence-corrected chi connectivity index (χ3v) is 4.79. The highest BCUT2D eigenvalue weighted by Crippen LogP contribution is 2.49. The van der Waals surface area contributed by atoms with Crippen molar-refractivity contribution in [1.29, 1.82) is 0 Å². The molecule has 2 aliphatic carbocycles. The Morgan fingerprint density at radius 1 is 1.25 bits per heavy atom. The summed E-state index contributed by atoms with van der Waals surface area (Å²) in [5.74, 6) is 3.52. The Morgan fingerprint density at radius 3 is 2.69 bits per heavy atom. The molecule has 0 spiro atoms. The van der Waals surface area contributed by atoms with Gasteiger partial charge in [-0.3, -0.25) is 4.79 Å². The largest absolute Gasteiger partial charge is 0.356 e. The first-order valence-electron chi connectivity index (χ1n) is 6.78. The Labute approximate surface area is 97.4 Å². The van der Waals surface area contributed by atoms with Crippen molar-refractivity contribution in [2.75, 3.05) is 19.6 Å². The van der Waals surface area contributed by atoms with E-state index in [2.05, 4.69) is 10.6 Å². The fourth-order valence-electron chi connectivity index (χ4n) is 3.69. The lowest BCUT2D eigenvalue weighted by Crippen LogP contribution is -2.48. The van der Waals surface area contributed by atoms with Gasteiger partial charge < -0.3 is 10.6 Å². The SMILES string of the molecule is O=C(CC1CC2CCC1C2)NCC1CNC1. The van der Waals surface area contributed by atoms with Crippen LogP contribution in [0.1, 0.15) is 32.1 Å². The molecule has 16 heavy (non-hydrogen) atoms. The molecular formula is C13H22N2O. The minimum atomic E-state index is 0.296. The van der Waals surface area contributed by atoms with Crippen LogP contribution in [0.3, 0.4) is 0 Å². The Balaban J connectivity index is 1.39. The van der Waals surface area contributed by atoms with Crippen LogP contribution in [0.5, 0.6) is 0 Å². The van der Waals surface area contributed by atoms with Gasteiger partial charge >= 0.3 is 0 Å². The summed E-state index contributed by atoms with van der Waals surface area (Å²) in [5.41, 5.74) is 0. The molecule has 0 aromatic carbocycles. The van der Waals surface area contributed by atoms with Crippen LogP contribution in [-0.2, 0) is 4.79 Å². The lowest BCUT2D eigenvalue weighted by atomic mass is 9.86. The van der Waals surface area contributed by atoms with Crippen molar-refractivity contribution in [1.82, 2.24) is 10.6 Å². The number of carbonyl (C=O) groups is 1. The zero-order chi connectivity index (χ0) is 11.0. The van der Waals surface area contributed by atoms with Gasteiger partial charge in [0, 0.05) is 32.0 Å². The van der Waals surface area contributed by atoms with E-state index in [1.54, 1.807) is 0 Å². The molecule has 2 bridgehead atoms. The monoisotopic (exact) mass is 222 g/mol. The van der Waals surface area contributed by atoms with E-state index >= 15 is 0 Å². The van der Waals surface area contributed by atoms with E-state index in [9.17, 15) is 4.79 Å². The fourth-order valence-corrected chi connectivity index (χ4v) is 3.69. The Bertz CT molecular complexity index is 275. The van der Waals surface area contributed by atoms with Gasteiger partial charge in [0.1, 0.15) is 0 Å². The molecule has 2 saturated carbocycles. The number of fused-ring (bicyclic) bond motifs is 2. The molecule has 3 unspecified atom stereocenters. The highest BCUT2D eigenvalue weighted by atomic mass is 16.1. The van der Waals surface area contributed by atoms with Crippen LogP contribution in [0.4, 0.5) is 0 Å². The second-order valence-corrected chi connectivity index (χ2v) is 5.97. The summed E-state index contributed by atoms with van der Waals surface area (Å²) in [6.07, 6.45) is 6.33. The summed E-state index contributed by atoms with van der Waals surface area (Å²) in [6.45, 7) is 3.04. The first kappa shape index (κ1) is 10.6. The molecule has 1 saturated heterocycles. The first-order chi connectivity index (χ1) is 7.81. The average molecular weight is 222 g/mol. The molecule has 3 nitrogen and oxygen atoms in total. The van der Waals surface area contributed by atoms with E-state index in [-0.39, 0.29) is 0 Å². The standard InChI is InChI=1S/C13H22N2O/c16-13(15-8-10-6-14-7-10)5-12-4-9-1-2-11(12)3-9/h9-12,14H,1-8H2,(H,15,16). The fraction of sp³-hybridized carbons (Fsp3) is 0.923. The third-order valence-electron chi connectivity index (χ3n) is 4.79. The molecule has 3 fully saturated rings. The van der Waals surface area contributed by atoms with E-state index < -0.39 is 0 Å². The number of amides is 1. The molecular weight excluding hydrogens is 200 g/mol. The van der Waals surface area contributed by atoms with E-state index in [0.29, 0.717) is 17.7 Å². The number of hydrogen-bond donors (Lipinski definition) is 2. The van der Waals surface area contributed by atoms with Crippen LogP contribution in [0.15, 0.2) is 0 Å². The molecule has 3 rings (SSSR count). The van der Waals surface area contributed by atoms with Crippen LogP contribution < -0.4 is 10.6 Å². The maximum absolute atomic E-state index is 11.8. The summed E-state index contributed by atoms with van der Waals surface area (Å²) >= 11 is 0. The van der Waals surface area contributed by atoms with E-state index in [4.69, 9.17) is 0 Å². The minimum Gasteiger partial charge on any atom is -0.356 e. The smallest absolute Gasteiger partial charge is 0.220 e. The van der Waals surface area contributed by atoms with Gasteiger partial charge in [0.2, 0.25) is 5.91 Å². The van der Waals surface area contributed by atoms with Crippen LogP contribution in [0.25, 0.3) is 0 Å². The van der Waals surface area contributed by atoms with Gasteiger partial charge in [0.05, 0.1) is 0 Å². The zero-order valence-corrected chi connectivity index (χ0v) is 9.87. The lowest BCUT2D eigenvalue weighted by molar-refractivity contribution is -0.122. The van der Waals surface area contributed by atoms with Gasteiger partial charge in [-0.05, 0) is 37.0 Å². The summed E-state index contributed by atoms with van der Waals surface area (Å²) in [4.78, 5) is 11.8. The van der Waals surface area contributed by atoms with Crippen molar-refractivity contribution in [2.45, 2.75) is 32.1 Å². The van der Waals surface area contributed by atoms with Gasteiger partial charge in [0.15, 0.2) is 0 Å². The topological polar surface area (TPSA) is 41.1 Å². The predicted molar refractivity (Wildman–Crippen MR) is 62.9 cm³/mol. The van der Waals surface area contributed by atoms with Crippen LogP contribution in [0, 0.1) is 23.7 Å². The van der Waals surface area contributed by atoms with Gasteiger partial charge in [-0.2, -0.15) is 0 Å². The van der Waals surface area contributed by atoms with Crippen molar-refractivity contribution < 1.29 is 4.79 Å². The molecule has 1 heterocycles. The Kier molecular flexibility index (Phi) is 2.88. The molecule has 3 heteroatoms. The molecule has 90 valence electrons. The van der Waals surface area contributed by atoms with E-state index in [1.807, 2.05) is 0 Å². The highest BCUT2D eigenvalue weighted by molar-refractivity contribution is 5.76. The predicted octanol–water partition coefficient (Wildman–Crippen LogP) is 1.15. The molecule has 0 radical (unpaired) electrons. The molecule has 0 aromatic heterocycles. The molecule has 3 atom stereocenters. The zero-order valence-electron chi connectivity index (χ0n) is 9.87. The summed E-state index contributed by atoms with van der Waals surface area (Å²) < 4.78 is 0. The van der Waals surface area contributed by atoms with Crippen molar-refractivity contribution in [3.8, 4) is 0 Å². The van der Waals surface area contributed by atoms with Gasteiger partial charge in [-0.15, -0.1) is 0 Å². The number of carbonyl (C=O) groups excluding carboxylic acids is 1. The second-order valence-electron chi connectivity index (χ2n) is 5.97. The number of rotatable bonds is 4. The first-order valence-corrected chi connectivity index (χ1v) is 6.78. The number of nitrogens with one attached hydrogen (secondary N) is 2. The maximum Gasteiger partial charge on any atom is 0.220 e. The third kappa shape index (κ3) is 2.10. The van der Waals surface area contributed by atoms with Crippen molar-refractivity contribution in [2.24, 2.45) is 23.7 Å². The van der Waals surface area contributed by atoms with Crippen molar-refractivity contribution in [3.05, 3.63) is 0 Å². The molecule has 1 aliphatic heterocycles. The van der Waals surface area contributed by atoms with E-state index in [1.165, 1.54) is 25.7 Å². The molecule has 3 aliphatic rings. The van der Waals surface area contributed by atoms with Crippen molar-refractivity contribution in [3.63, 3.8) is 0 Å². The second kappa shape index (κ2) is 4.36. The molecule has 0 aromatic rings. The minimum absolute atomic E-state index is 0.296. The maximum atomic E-state index is 11.8. The van der Waals surface area contributed by atoms with Gasteiger partial charge in [-0.1, -0.05) is 6.42 Å². The Hall–Kier alpha value is -0.570. The molecule has 1 amide bonds. The summed E-state index contributed by atoms with van der Waals surface area (Å²) in [6, 6.07) is 0. The number of hydrogen-bond acceptors (Lipinski definition) is 2. The van der Waals surface area contributed by atoms with E-state index in [0.717, 1.165) is 37.9 Å². The Morgan fingerprint density at radius 2 is 2.12 bits per heavy atom. The average Bonchev–Trinajstić information content (AvgIpc) is 2.76. The van der Waals surface area contributed by atoms with Crippen LogP contribution in [-0.4, -0.2) is 25.5 Å². The van der Waals surface area contributed by atoms with Gasteiger partial charge in [-0.25, -0.2) is 0 Å². The van der Waals surface area contributed by atoms with Gasteiger partial charge in [0.25, 0.3) is 0 Å². The van der Waals surface area contributed by atoms with Crippen molar-refractivity contribution >= 4 is 5.91 Å². The van der Waals surface area contributed by atoms with Crippen LogP contribution in [0.2, 0.25) is 0 Å². The summed E-state index contributed by atoms with van der Waals surface area (Å²) in [5, 5.41) is 6.32. The molecule has 2 N–H and O–H groups in total. The highest BCUT2D eigenvalue weighted by Gasteiger charge is 2.40. The van der Waals surface area contributed by atoms with Crippen LogP contribution >= 0.6 is 0 Å². The summed E-state index contributed by atoms with van der Waals surface area (Å²) in [7, 11) is 0. The normalized spacial score (nSPS) is 37.4.